The molecule has 3 atom stereocenters. The van der Waals surface area contributed by atoms with Gasteiger partial charge >= 0.3 is 0 Å². The van der Waals surface area contributed by atoms with Gasteiger partial charge in [0.1, 0.15) is 0 Å². The number of rotatable bonds is 1. The van der Waals surface area contributed by atoms with Crippen LogP contribution in [0.25, 0.3) is 0 Å². The summed E-state index contributed by atoms with van der Waals surface area (Å²) in [6.07, 6.45) is 4.08. The molecular formula is C13H24N2O2. The van der Waals surface area contributed by atoms with Crippen LogP contribution in [0.15, 0.2) is 0 Å². The first-order valence-corrected chi connectivity index (χ1v) is 6.80. The summed E-state index contributed by atoms with van der Waals surface area (Å²) in [6.45, 7) is 3.58. The van der Waals surface area contributed by atoms with E-state index in [2.05, 4.69) is 6.92 Å². The Kier molecular flexibility index (Phi) is 4.05. The Hall–Kier alpha value is -0.610. The van der Waals surface area contributed by atoms with E-state index in [1.165, 1.54) is 0 Å². The van der Waals surface area contributed by atoms with E-state index < -0.39 is 0 Å². The minimum atomic E-state index is -0.210. The Morgan fingerprint density at radius 1 is 1.24 bits per heavy atom. The van der Waals surface area contributed by atoms with E-state index in [0.29, 0.717) is 5.92 Å². The standard InChI is InChI=1S/C13H24N2O2/c1-9-8-10(2-3-12(9)14)13(17)15-6-4-11(16)5-7-15/h9-12,16H,2-8,14H2,1H3. The second-order valence-corrected chi connectivity index (χ2v) is 5.71. The number of likely N-dealkylation sites (tertiary alicyclic amines) is 1. The second-order valence-electron chi connectivity index (χ2n) is 5.71. The Morgan fingerprint density at radius 3 is 2.47 bits per heavy atom. The van der Waals surface area contributed by atoms with Crippen molar-refractivity contribution in [1.82, 2.24) is 4.90 Å². The van der Waals surface area contributed by atoms with E-state index in [4.69, 9.17) is 5.73 Å². The smallest absolute Gasteiger partial charge is 0.225 e. The Labute approximate surface area is 103 Å². The molecule has 0 aromatic rings. The highest BCUT2D eigenvalue weighted by Gasteiger charge is 2.33. The zero-order chi connectivity index (χ0) is 12.4. The van der Waals surface area contributed by atoms with Gasteiger partial charge in [-0.15, -0.1) is 0 Å². The molecule has 0 aromatic carbocycles. The summed E-state index contributed by atoms with van der Waals surface area (Å²) < 4.78 is 0. The molecule has 0 spiro atoms. The van der Waals surface area contributed by atoms with E-state index in [1.807, 2.05) is 4.90 Å². The molecule has 2 fully saturated rings. The van der Waals surface area contributed by atoms with Crippen molar-refractivity contribution in [3.05, 3.63) is 0 Å². The summed E-state index contributed by atoms with van der Waals surface area (Å²) in [4.78, 5) is 14.2. The third kappa shape index (κ3) is 2.99. The number of nitrogens with zero attached hydrogens (tertiary/aromatic N) is 1. The predicted octanol–water partition coefficient (Wildman–Crippen LogP) is 0.733. The highest BCUT2D eigenvalue weighted by atomic mass is 16.3. The lowest BCUT2D eigenvalue weighted by Gasteiger charge is -2.36. The molecule has 4 nitrogen and oxygen atoms in total. The van der Waals surface area contributed by atoms with Crippen molar-refractivity contribution >= 4 is 5.91 Å². The minimum Gasteiger partial charge on any atom is -0.393 e. The highest BCUT2D eigenvalue weighted by molar-refractivity contribution is 5.79. The molecule has 3 N–H and O–H groups in total. The van der Waals surface area contributed by atoms with Crippen LogP contribution in [0.4, 0.5) is 0 Å². The molecule has 98 valence electrons. The number of hydrogen-bond donors (Lipinski definition) is 2. The summed E-state index contributed by atoms with van der Waals surface area (Å²) in [5, 5.41) is 9.44. The van der Waals surface area contributed by atoms with Gasteiger partial charge in [0.05, 0.1) is 6.10 Å². The van der Waals surface area contributed by atoms with Crippen LogP contribution in [0.1, 0.15) is 39.0 Å². The number of aliphatic hydroxyl groups is 1. The molecule has 1 saturated carbocycles. The molecule has 2 aliphatic rings. The van der Waals surface area contributed by atoms with Gasteiger partial charge in [-0.1, -0.05) is 6.92 Å². The van der Waals surface area contributed by atoms with Crippen molar-refractivity contribution in [2.24, 2.45) is 17.6 Å². The highest BCUT2D eigenvalue weighted by Crippen LogP contribution is 2.30. The molecule has 0 radical (unpaired) electrons. The summed E-state index contributed by atoms with van der Waals surface area (Å²) in [6, 6.07) is 0.266. The van der Waals surface area contributed by atoms with Gasteiger partial charge in [-0.05, 0) is 38.0 Å². The van der Waals surface area contributed by atoms with Crippen LogP contribution >= 0.6 is 0 Å². The van der Waals surface area contributed by atoms with Crippen LogP contribution in [-0.4, -0.2) is 41.1 Å². The number of piperidine rings is 1. The van der Waals surface area contributed by atoms with E-state index >= 15 is 0 Å². The number of nitrogens with two attached hydrogens (primary N) is 1. The normalized spacial score (nSPS) is 35.9. The molecule has 0 bridgehead atoms. The van der Waals surface area contributed by atoms with Crippen LogP contribution in [0.2, 0.25) is 0 Å². The third-order valence-electron chi connectivity index (χ3n) is 4.36. The van der Waals surface area contributed by atoms with E-state index in [9.17, 15) is 9.90 Å². The van der Waals surface area contributed by atoms with Gasteiger partial charge in [-0.2, -0.15) is 0 Å². The van der Waals surface area contributed by atoms with Crippen molar-refractivity contribution in [2.45, 2.75) is 51.2 Å². The van der Waals surface area contributed by atoms with Crippen LogP contribution < -0.4 is 5.73 Å². The lowest BCUT2D eigenvalue weighted by Crippen LogP contribution is -2.46. The number of hydrogen-bond acceptors (Lipinski definition) is 3. The maximum absolute atomic E-state index is 12.3. The average molecular weight is 240 g/mol. The molecule has 3 unspecified atom stereocenters. The monoisotopic (exact) mass is 240 g/mol. The van der Waals surface area contributed by atoms with Crippen LogP contribution in [-0.2, 0) is 4.79 Å². The molecule has 4 heteroatoms. The lowest BCUT2D eigenvalue weighted by molar-refractivity contribution is -0.139. The van der Waals surface area contributed by atoms with Crippen molar-refractivity contribution in [1.29, 1.82) is 0 Å². The first kappa shape index (κ1) is 12.8. The zero-order valence-corrected chi connectivity index (χ0v) is 10.6. The molecule has 1 amide bonds. The first-order valence-electron chi connectivity index (χ1n) is 6.80. The Morgan fingerprint density at radius 2 is 1.88 bits per heavy atom. The van der Waals surface area contributed by atoms with Crippen LogP contribution in [0, 0.1) is 11.8 Å². The van der Waals surface area contributed by atoms with Gasteiger partial charge in [-0.3, -0.25) is 4.79 Å². The van der Waals surface area contributed by atoms with Crippen molar-refractivity contribution in [2.75, 3.05) is 13.1 Å². The largest absolute Gasteiger partial charge is 0.393 e. The predicted molar refractivity (Wildman–Crippen MR) is 66.3 cm³/mol. The molecule has 17 heavy (non-hydrogen) atoms. The summed E-state index contributed by atoms with van der Waals surface area (Å²) in [7, 11) is 0. The number of carbonyl (C=O) groups excluding carboxylic acids is 1. The summed E-state index contributed by atoms with van der Waals surface area (Å²) >= 11 is 0. The summed E-state index contributed by atoms with van der Waals surface area (Å²) in [5.41, 5.74) is 5.98. The van der Waals surface area contributed by atoms with Gasteiger partial charge in [0.25, 0.3) is 0 Å². The van der Waals surface area contributed by atoms with Crippen molar-refractivity contribution in [3.63, 3.8) is 0 Å². The van der Waals surface area contributed by atoms with E-state index in [-0.39, 0.29) is 24.0 Å². The molecule has 2 rings (SSSR count). The molecule has 0 aromatic heterocycles. The van der Waals surface area contributed by atoms with Gasteiger partial charge in [0.15, 0.2) is 0 Å². The molecule has 1 aliphatic heterocycles. The van der Waals surface area contributed by atoms with E-state index in [1.54, 1.807) is 0 Å². The van der Waals surface area contributed by atoms with E-state index in [0.717, 1.165) is 45.2 Å². The molecule has 1 saturated heterocycles. The van der Waals surface area contributed by atoms with Crippen LogP contribution in [0.3, 0.4) is 0 Å². The van der Waals surface area contributed by atoms with Crippen molar-refractivity contribution in [3.8, 4) is 0 Å². The maximum Gasteiger partial charge on any atom is 0.225 e. The number of amides is 1. The quantitative estimate of drug-likeness (QED) is 0.710. The zero-order valence-electron chi connectivity index (χ0n) is 10.6. The maximum atomic E-state index is 12.3. The molecule has 1 aliphatic carbocycles. The molecule has 1 heterocycles. The van der Waals surface area contributed by atoms with Crippen LogP contribution in [0.5, 0.6) is 0 Å². The summed E-state index contributed by atoms with van der Waals surface area (Å²) in [5.74, 6) is 0.906. The fourth-order valence-electron chi connectivity index (χ4n) is 2.99. The third-order valence-corrected chi connectivity index (χ3v) is 4.36. The topological polar surface area (TPSA) is 66.6 Å². The number of carbonyl (C=O) groups is 1. The second kappa shape index (κ2) is 5.36. The van der Waals surface area contributed by atoms with Gasteiger partial charge in [0, 0.05) is 25.0 Å². The van der Waals surface area contributed by atoms with Crippen molar-refractivity contribution < 1.29 is 9.90 Å². The first-order chi connectivity index (χ1) is 8.08. The number of aliphatic hydroxyl groups excluding tert-OH is 1. The lowest BCUT2D eigenvalue weighted by atomic mass is 9.78. The SMILES string of the molecule is CC1CC(C(=O)N2CCC(O)CC2)CCC1N. The fourth-order valence-corrected chi connectivity index (χ4v) is 2.99. The van der Waals surface area contributed by atoms with Gasteiger partial charge in [0.2, 0.25) is 5.91 Å². The molecular weight excluding hydrogens is 216 g/mol. The Bertz CT molecular complexity index is 275. The minimum absolute atomic E-state index is 0.167. The van der Waals surface area contributed by atoms with Gasteiger partial charge < -0.3 is 15.7 Å². The van der Waals surface area contributed by atoms with Gasteiger partial charge in [-0.25, -0.2) is 0 Å². The average Bonchev–Trinajstić information content (AvgIpc) is 2.33. The Balaban J connectivity index is 1.87. The fraction of sp³-hybridized carbons (Fsp3) is 0.923.